The summed E-state index contributed by atoms with van der Waals surface area (Å²) in [6.45, 7) is 2.88. The van der Waals surface area contributed by atoms with E-state index in [0.717, 1.165) is 30.0 Å². The number of methoxy groups -OCH3 is 1. The Kier molecular flexibility index (Phi) is 5.35. The molecule has 0 radical (unpaired) electrons. The molecule has 0 aliphatic carbocycles. The molecule has 0 spiro atoms. The zero-order chi connectivity index (χ0) is 20.2. The van der Waals surface area contributed by atoms with E-state index in [1.807, 2.05) is 24.3 Å². The topological polar surface area (TPSA) is 110 Å². The Bertz CT molecular complexity index is 1020. The minimum atomic E-state index is 0.253. The number of aromatic nitrogens is 3. The highest BCUT2D eigenvalue weighted by Gasteiger charge is 2.16. The number of hydrogen-bond donors (Lipinski definition) is 2. The normalized spacial score (nSPS) is 13.9. The Morgan fingerprint density at radius 3 is 2.59 bits per heavy atom. The van der Waals surface area contributed by atoms with E-state index in [9.17, 15) is 0 Å². The molecule has 3 aromatic rings. The number of morpholine rings is 1. The average Bonchev–Trinajstić information content (AvgIpc) is 2.80. The van der Waals surface area contributed by atoms with Gasteiger partial charge < -0.3 is 20.1 Å². The van der Waals surface area contributed by atoms with Gasteiger partial charge in [0.1, 0.15) is 12.1 Å². The fraction of sp³-hybridized carbons (Fsp3) is 0.238. The van der Waals surface area contributed by atoms with E-state index < -0.39 is 0 Å². The molecular formula is C21H22N6O2. The van der Waals surface area contributed by atoms with Crippen LogP contribution in [0.25, 0.3) is 11.1 Å². The molecule has 0 amide bonds. The Balaban J connectivity index is 1.64. The van der Waals surface area contributed by atoms with E-state index in [0.29, 0.717) is 36.0 Å². The van der Waals surface area contributed by atoms with Gasteiger partial charge in [0.15, 0.2) is 0 Å². The molecule has 148 valence electrons. The first-order chi connectivity index (χ1) is 14.2. The maximum Gasteiger partial charge on any atom is 0.212 e. The number of nitrogens with two attached hydrogens (primary N) is 1. The van der Waals surface area contributed by atoms with Crippen molar-refractivity contribution in [2.75, 3.05) is 44.0 Å². The Morgan fingerprint density at radius 2 is 1.86 bits per heavy atom. The van der Waals surface area contributed by atoms with Crippen LogP contribution < -0.4 is 15.4 Å². The first kappa shape index (κ1) is 18.8. The van der Waals surface area contributed by atoms with E-state index in [2.05, 4.69) is 19.9 Å². The average molecular weight is 390 g/mol. The number of benzene rings is 1. The van der Waals surface area contributed by atoms with Gasteiger partial charge >= 0.3 is 0 Å². The lowest BCUT2D eigenvalue weighted by Gasteiger charge is -2.27. The van der Waals surface area contributed by atoms with Crippen molar-refractivity contribution in [1.82, 2.24) is 15.0 Å². The Labute approximate surface area is 168 Å². The summed E-state index contributed by atoms with van der Waals surface area (Å²) in [5, 5.41) is 8.70. The van der Waals surface area contributed by atoms with Crippen LogP contribution in [0.4, 0.5) is 11.5 Å². The maximum atomic E-state index is 8.70. The molecule has 8 nitrogen and oxygen atoms in total. The van der Waals surface area contributed by atoms with Crippen molar-refractivity contribution < 1.29 is 9.47 Å². The number of nitrogen functional groups attached to an aromatic ring is 1. The van der Waals surface area contributed by atoms with Gasteiger partial charge in [0.2, 0.25) is 5.88 Å². The maximum absolute atomic E-state index is 8.70. The fourth-order valence-corrected chi connectivity index (χ4v) is 3.21. The van der Waals surface area contributed by atoms with E-state index in [1.54, 1.807) is 25.4 Å². The van der Waals surface area contributed by atoms with Gasteiger partial charge in [0, 0.05) is 48.2 Å². The quantitative estimate of drug-likeness (QED) is 0.508. The minimum Gasteiger partial charge on any atom is -0.481 e. The van der Waals surface area contributed by atoms with Crippen LogP contribution in [0.1, 0.15) is 11.3 Å². The predicted octanol–water partition coefficient (Wildman–Crippen LogP) is 2.38. The summed E-state index contributed by atoms with van der Waals surface area (Å²) >= 11 is 0. The molecule has 3 N–H and O–H groups in total. The molecule has 4 rings (SSSR count). The van der Waals surface area contributed by atoms with Crippen molar-refractivity contribution in [3.8, 4) is 17.0 Å². The van der Waals surface area contributed by atoms with Gasteiger partial charge in [-0.2, -0.15) is 0 Å². The molecule has 29 heavy (non-hydrogen) atoms. The van der Waals surface area contributed by atoms with Crippen LogP contribution in [-0.4, -0.2) is 54.1 Å². The largest absolute Gasteiger partial charge is 0.481 e. The van der Waals surface area contributed by atoms with E-state index >= 15 is 0 Å². The second kappa shape index (κ2) is 8.24. The second-order valence-corrected chi connectivity index (χ2v) is 6.63. The Morgan fingerprint density at radius 1 is 1.07 bits per heavy atom. The third kappa shape index (κ3) is 4.02. The van der Waals surface area contributed by atoms with Gasteiger partial charge in [-0.25, -0.2) is 15.0 Å². The van der Waals surface area contributed by atoms with Crippen molar-refractivity contribution >= 4 is 17.2 Å². The highest BCUT2D eigenvalue weighted by Crippen LogP contribution is 2.26. The SMILES string of the molecule is COc1ccc(-c2ccc(N)c(C(=N)c3cc(N4CCOCC4)ncn3)c2)cn1. The third-order valence-corrected chi connectivity index (χ3v) is 4.85. The molecule has 8 heteroatoms. The lowest BCUT2D eigenvalue weighted by molar-refractivity contribution is 0.122. The van der Waals surface area contributed by atoms with Crippen LogP contribution in [0.15, 0.2) is 48.9 Å². The van der Waals surface area contributed by atoms with Crippen molar-refractivity contribution in [2.24, 2.45) is 0 Å². The Hall–Kier alpha value is -3.52. The number of hydrogen-bond acceptors (Lipinski definition) is 8. The monoisotopic (exact) mass is 390 g/mol. The molecule has 1 aromatic carbocycles. The molecular weight excluding hydrogens is 368 g/mol. The van der Waals surface area contributed by atoms with E-state index in [1.165, 1.54) is 6.33 Å². The van der Waals surface area contributed by atoms with Crippen LogP contribution in [0.5, 0.6) is 5.88 Å². The first-order valence-corrected chi connectivity index (χ1v) is 9.29. The molecule has 0 unspecified atom stereocenters. The van der Waals surface area contributed by atoms with Crippen LogP contribution in [0.2, 0.25) is 0 Å². The summed E-state index contributed by atoms with van der Waals surface area (Å²) in [7, 11) is 1.58. The standard InChI is InChI=1S/C21H22N6O2/c1-28-20-5-3-15(12-24-20)14-2-4-17(22)16(10-14)21(23)18-11-19(26-13-25-18)27-6-8-29-9-7-27/h2-5,10-13,23H,6-9,22H2,1H3. The number of rotatable bonds is 5. The van der Waals surface area contributed by atoms with Crippen LogP contribution in [0.3, 0.4) is 0 Å². The zero-order valence-corrected chi connectivity index (χ0v) is 16.1. The van der Waals surface area contributed by atoms with Crippen molar-refractivity contribution in [2.45, 2.75) is 0 Å². The molecule has 1 fully saturated rings. The third-order valence-electron chi connectivity index (χ3n) is 4.85. The molecule has 3 heterocycles. The summed E-state index contributed by atoms with van der Waals surface area (Å²) in [4.78, 5) is 15.0. The summed E-state index contributed by atoms with van der Waals surface area (Å²) in [6.07, 6.45) is 3.22. The zero-order valence-electron chi connectivity index (χ0n) is 16.1. The van der Waals surface area contributed by atoms with Crippen molar-refractivity contribution in [3.63, 3.8) is 0 Å². The highest BCUT2D eigenvalue weighted by molar-refractivity contribution is 6.13. The highest BCUT2D eigenvalue weighted by atomic mass is 16.5. The van der Waals surface area contributed by atoms with Crippen molar-refractivity contribution in [1.29, 1.82) is 5.41 Å². The van der Waals surface area contributed by atoms with Gasteiger partial charge in [-0.15, -0.1) is 0 Å². The van der Waals surface area contributed by atoms with Crippen LogP contribution in [0, 0.1) is 5.41 Å². The fourth-order valence-electron chi connectivity index (χ4n) is 3.21. The van der Waals surface area contributed by atoms with Gasteiger partial charge in [-0.05, 0) is 23.8 Å². The summed E-state index contributed by atoms with van der Waals surface area (Å²) in [6, 6.07) is 11.1. The van der Waals surface area contributed by atoms with Gasteiger partial charge in [0.05, 0.1) is 31.7 Å². The molecule has 2 aromatic heterocycles. The smallest absolute Gasteiger partial charge is 0.212 e. The lowest BCUT2D eigenvalue weighted by Crippen LogP contribution is -2.36. The number of pyridine rings is 1. The van der Waals surface area contributed by atoms with Crippen molar-refractivity contribution in [3.05, 3.63) is 60.2 Å². The summed E-state index contributed by atoms with van der Waals surface area (Å²) in [5.41, 5.74) is 9.93. The lowest BCUT2D eigenvalue weighted by atomic mass is 9.99. The molecule has 0 saturated carbocycles. The van der Waals surface area contributed by atoms with Crippen LogP contribution in [-0.2, 0) is 4.74 Å². The number of anilines is 2. The van der Waals surface area contributed by atoms with E-state index in [4.69, 9.17) is 20.6 Å². The first-order valence-electron chi connectivity index (χ1n) is 9.29. The van der Waals surface area contributed by atoms with E-state index in [-0.39, 0.29) is 5.71 Å². The second-order valence-electron chi connectivity index (χ2n) is 6.63. The molecule has 0 atom stereocenters. The number of nitrogens with zero attached hydrogens (tertiary/aromatic N) is 4. The van der Waals surface area contributed by atoms with Gasteiger partial charge in [-0.1, -0.05) is 6.07 Å². The molecule has 1 aliphatic rings. The number of ether oxygens (including phenoxy) is 2. The number of nitrogens with one attached hydrogen (secondary N) is 1. The molecule has 1 saturated heterocycles. The minimum absolute atomic E-state index is 0.253. The van der Waals surface area contributed by atoms with Gasteiger partial charge in [0.25, 0.3) is 0 Å². The van der Waals surface area contributed by atoms with Gasteiger partial charge in [-0.3, -0.25) is 5.41 Å². The predicted molar refractivity (Wildman–Crippen MR) is 112 cm³/mol. The molecule has 1 aliphatic heterocycles. The van der Waals surface area contributed by atoms with Crippen LogP contribution >= 0.6 is 0 Å². The summed E-state index contributed by atoms with van der Waals surface area (Å²) in [5.74, 6) is 1.34. The molecule has 0 bridgehead atoms. The summed E-state index contributed by atoms with van der Waals surface area (Å²) < 4.78 is 10.5.